The average molecular weight is 330 g/mol. The predicted molar refractivity (Wildman–Crippen MR) is 94.6 cm³/mol. The van der Waals surface area contributed by atoms with Gasteiger partial charge in [-0.3, -0.25) is 19.7 Å². The molecule has 0 N–H and O–H groups in total. The Labute approximate surface area is 143 Å². The van der Waals surface area contributed by atoms with E-state index in [0.717, 1.165) is 11.3 Å². The van der Waals surface area contributed by atoms with Crippen LogP contribution in [0.2, 0.25) is 0 Å². The minimum atomic E-state index is -0.322. The van der Waals surface area contributed by atoms with E-state index in [9.17, 15) is 4.79 Å². The normalized spacial score (nSPS) is 10.7. The molecule has 0 bridgehead atoms. The highest BCUT2D eigenvalue weighted by atomic mass is 16.4. The molecule has 6 heteroatoms. The van der Waals surface area contributed by atoms with Gasteiger partial charge in [0.05, 0.1) is 23.8 Å². The summed E-state index contributed by atoms with van der Waals surface area (Å²) in [6.07, 6.45) is 6.87. The molecule has 0 unspecified atom stereocenters. The van der Waals surface area contributed by atoms with Crippen molar-refractivity contribution in [3.63, 3.8) is 0 Å². The molecule has 0 aliphatic heterocycles. The first-order chi connectivity index (χ1) is 12.3. The molecule has 4 aromatic rings. The van der Waals surface area contributed by atoms with Crippen LogP contribution in [0.1, 0.15) is 5.56 Å². The van der Waals surface area contributed by atoms with Gasteiger partial charge in [-0.05, 0) is 35.9 Å². The van der Waals surface area contributed by atoms with Crippen LogP contribution in [0.25, 0.3) is 11.0 Å². The van der Waals surface area contributed by atoms with E-state index in [2.05, 4.69) is 15.0 Å². The third-order valence-corrected chi connectivity index (χ3v) is 3.77. The average Bonchev–Trinajstić information content (AvgIpc) is 2.67. The van der Waals surface area contributed by atoms with Crippen LogP contribution in [-0.4, -0.2) is 15.0 Å². The fourth-order valence-corrected chi connectivity index (χ4v) is 2.57. The molecule has 0 fully saturated rings. The zero-order chi connectivity index (χ0) is 17.1. The highest BCUT2D eigenvalue weighted by molar-refractivity contribution is 5.76. The lowest BCUT2D eigenvalue weighted by molar-refractivity contribution is 0.567. The van der Waals surface area contributed by atoms with Gasteiger partial charge in [-0.2, -0.15) is 4.98 Å². The van der Waals surface area contributed by atoms with Gasteiger partial charge in [0.15, 0.2) is 0 Å². The summed E-state index contributed by atoms with van der Waals surface area (Å²) in [6, 6.07) is 14.8. The highest BCUT2D eigenvalue weighted by Crippen LogP contribution is 2.26. The van der Waals surface area contributed by atoms with Crippen LogP contribution >= 0.6 is 0 Å². The molecular formula is C19H14N4O2. The lowest BCUT2D eigenvalue weighted by atomic mass is 10.2. The molecule has 0 saturated heterocycles. The van der Waals surface area contributed by atoms with E-state index < -0.39 is 0 Å². The quantitative estimate of drug-likeness (QED) is 0.571. The third kappa shape index (κ3) is 3.10. The van der Waals surface area contributed by atoms with Gasteiger partial charge >= 0.3 is 6.01 Å². The first-order valence-electron chi connectivity index (χ1n) is 7.77. The molecule has 0 saturated carbocycles. The highest BCUT2D eigenvalue weighted by Gasteiger charge is 2.17. The maximum absolute atomic E-state index is 12.4. The number of nitrogens with zero attached hydrogens (tertiary/aromatic N) is 4. The molecule has 25 heavy (non-hydrogen) atoms. The van der Waals surface area contributed by atoms with Gasteiger partial charge in [-0.15, -0.1) is 0 Å². The second-order valence-electron chi connectivity index (χ2n) is 5.46. The maximum Gasteiger partial charge on any atom is 0.306 e. The standard InChI is InChI=1S/C19H14N4O2/c24-18-16-7-1-2-8-17(16)25-19(22-18)23(15-6-4-10-21-12-15)13-14-5-3-9-20-11-14/h1-12H,13H2. The smallest absolute Gasteiger partial charge is 0.306 e. The Bertz CT molecular complexity index is 1050. The van der Waals surface area contributed by atoms with Crippen molar-refractivity contribution < 1.29 is 4.42 Å². The van der Waals surface area contributed by atoms with Crippen LogP contribution < -0.4 is 10.5 Å². The number of hydrogen-bond acceptors (Lipinski definition) is 6. The van der Waals surface area contributed by atoms with Gasteiger partial charge in [-0.1, -0.05) is 18.2 Å². The number of pyridine rings is 2. The summed E-state index contributed by atoms with van der Waals surface area (Å²) >= 11 is 0. The minimum absolute atomic E-state index is 0.223. The zero-order valence-electron chi connectivity index (χ0n) is 13.2. The molecule has 3 aromatic heterocycles. The lowest BCUT2D eigenvalue weighted by Gasteiger charge is -2.21. The Morgan fingerprint density at radius 3 is 2.48 bits per heavy atom. The van der Waals surface area contributed by atoms with E-state index >= 15 is 0 Å². The first kappa shape index (κ1) is 15.0. The van der Waals surface area contributed by atoms with Crippen molar-refractivity contribution in [2.45, 2.75) is 6.54 Å². The molecule has 0 spiro atoms. The van der Waals surface area contributed by atoms with Crippen molar-refractivity contribution in [1.82, 2.24) is 15.0 Å². The van der Waals surface area contributed by atoms with Crippen LogP contribution in [0.5, 0.6) is 0 Å². The summed E-state index contributed by atoms with van der Waals surface area (Å²) in [6.45, 7) is 0.452. The first-order valence-corrected chi connectivity index (χ1v) is 7.77. The van der Waals surface area contributed by atoms with Crippen molar-refractivity contribution in [3.8, 4) is 0 Å². The van der Waals surface area contributed by atoms with Crippen LogP contribution in [0.4, 0.5) is 11.7 Å². The number of anilines is 2. The summed E-state index contributed by atoms with van der Waals surface area (Å²) in [5.74, 6) is 0. The molecule has 6 nitrogen and oxygen atoms in total. The fraction of sp³-hybridized carbons (Fsp3) is 0.0526. The molecule has 0 aliphatic carbocycles. The summed E-state index contributed by atoms with van der Waals surface area (Å²) in [5.41, 5.74) is 1.91. The molecule has 4 rings (SSSR count). The largest absolute Gasteiger partial charge is 0.425 e. The molecule has 3 heterocycles. The van der Waals surface area contributed by atoms with E-state index in [1.54, 1.807) is 47.9 Å². The Balaban J connectivity index is 1.84. The van der Waals surface area contributed by atoms with Crippen molar-refractivity contribution in [1.29, 1.82) is 0 Å². The summed E-state index contributed by atoms with van der Waals surface area (Å²) < 4.78 is 5.90. The second-order valence-corrected chi connectivity index (χ2v) is 5.46. The third-order valence-electron chi connectivity index (χ3n) is 3.77. The number of para-hydroxylation sites is 1. The van der Waals surface area contributed by atoms with Gasteiger partial charge in [0.25, 0.3) is 5.56 Å². The van der Waals surface area contributed by atoms with Crippen molar-refractivity contribution in [2.24, 2.45) is 0 Å². The number of rotatable bonds is 4. The van der Waals surface area contributed by atoms with Gasteiger partial charge in [0, 0.05) is 18.6 Å². The van der Waals surface area contributed by atoms with Crippen LogP contribution in [-0.2, 0) is 6.54 Å². The van der Waals surface area contributed by atoms with Crippen molar-refractivity contribution >= 4 is 22.7 Å². The molecule has 1 aromatic carbocycles. The topological polar surface area (TPSA) is 72.1 Å². The Hall–Kier alpha value is -3.54. The second kappa shape index (κ2) is 6.52. The van der Waals surface area contributed by atoms with E-state index in [4.69, 9.17) is 4.42 Å². The Morgan fingerprint density at radius 1 is 0.920 bits per heavy atom. The van der Waals surface area contributed by atoms with Gasteiger partial charge in [-0.25, -0.2) is 0 Å². The van der Waals surface area contributed by atoms with E-state index in [-0.39, 0.29) is 11.6 Å². The molecule has 122 valence electrons. The molecule has 0 radical (unpaired) electrons. The van der Waals surface area contributed by atoms with Crippen LogP contribution in [0.15, 0.2) is 82.5 Å². The Morgan fingerprint density at radius 2 is 1.72 bits per heavy atom. The van der Waals surface area contributed by atoms with Crippen LogP contribution in [0.3, 0.4) is 0 Å². The van der Waals surface area contributed by atoms with Crippen molar-refractivity contribution in [3.05, 3.63) is 89.2 Å². The summed E-state index contributed by atoms with van der Waals surface area (Å²) in [7, 11) is 0. The summed E-state index contributed by atoms with van der Waals surface area (Å²) in [4.78, 5) is 26.6. The van der Waals surface area contributed by atoms with Gasteiger partial charge < -0.3 is 4.42 Å². The summed E-state index contributed by atoms with van der Waals surface area (Å²) in [5, 5.41) is 0.457. The Kier molecular flexibility index (Phi) is 3.92. The number of aromatic nitrogens is 3. The zero-order valence-corrected chi connectivity index (χ0v) is 13.2. The molecular weight excluding hydrogens is 316 g/mol. The molecule has 0 aliphatic rings. The molecule has 0 amide bonds. The van der Waals surface area contributed by atoms with E-state index in [0.29, 0.717) is 17.5 Å². The number of benzene rings is 1. The predicted octanol–water partition coefficient (Wildman–Crippen LogP) is 3.32. The van der Waals surface area contributed by atoms with E-state index in [1.807, 2.05) is 30.3 Å². The van der Waals surface area contributed by atoms with Crippen molar-refractivity contribution in [2.75, 3.05) is 4.90 Å². The SMILES string of the molecule is O=c1nc(N(Cc2cccnc2)c2cccnc2)oc2ccccc12. The van der Waals surface area contributed by atoms with Crippen LogP contribution in [0, 0.1) is 0 Å². The maximum atomic E-state index is 12.4. The monoisotopic (exact) mass is 330 g/mol. The fourth-order valence-electron chi connectivity index (χ4n) is 2.57. The number of hydrogen-bond donors (Lipinski definition) is 0. The molecule has 0 atom stereocenters. The minimum Gasteiger partial charge on any atom is -0.425 e. The van der Waals surface area contributed by atoms with Gasteiger partial charge in [0.2, 0.25) is 0 Å². The van der Waals surface area contributed by atoms with E-state index in [1.165, 1.54) is 0 Å². The lowest BCUT2D eigenvalue weighted by Crippen LogP contribution is -2.21. The van der Waals surface area contributed by atoms with Gasteiger partial charge in [0.1, 0.15) is 5.58 Å². The number of fused-ring (bicyclic) bond motifs is 1.